The summed E-state index contributed by atoms with van der Waals surface area (Å²) in [5.41, 5.74) is 2.38. The molecule has 0 aromatic heterocycles. The molecular weight excluding hydrogens is 346 g/mol. The molecule has 0 atom stereocenters. The summed E-state index contributed by atoms with van der Waals surface area (Å²) in [4.78, 5) is 16.9. The molecule has 1 aromatic carbocycles. The first-order valence-corrected chi connectivity index (χ1v) is 9.73. The molecule has 150 valence electrons. The third kappa shape index (κ3) is 5.34. The van der Waals surface area contributed by atoms with Gasteiger partial charge in [0.2, 0.25) is 5.91 Å². The number of nitrogens with one attached hydrogen (secondary N) is 1. The Hall–Kier alpha value is -1.83. The minimum absolute atomic E-state index is 0.203. The third-order valence-corrected chi connectivity index (χ3v) is 5.29. The number of nitrogens with zero attached hydrogens (tertiary/aromatic N) is 2. The number of ether oxygens (including phenoxy) is 3. The Morgan fingerprint density at radius 1 is 1.07 bits per heavy atom. The van der Waals surface area contributed by atoms with Crippen LogP contribution in [-0.2, 0) is 22.5 Å². The second-order valence-corrected chi connectivity index (χ2v) is 7.00. The molecule has 0 radical (unpaired) electrons. The maximum absolute atomic E-state index is 12.6. The molecule has 1 saturated heterocycles. The molecule has 2 aliphatic heterocycles. The number of methoxy groups -OCH3 is 2. The van der Waals surface area contributed by atoms with Crippen LogP contribution >= 0.6 is 0 Å². The number of carbonyl (C=O) groups excluding carboxylic acids is 1. The standard InChI is InChI=1S/C20H31N3O4/c1-25-18-13-16-4-7-23(15-17(16)14-19(18)26-2)20(24)3-5-21-6-8-22-9-11-27-12-10-22/h13-14,21H,3-12,15H2,1-2H3. The molecule has 1 N–H and O–H groups in total. The van der Waals surface area contributed by atoms with Crippen LogP contribution in [0.1, 0.15) is 17.5 Å². The summed E-state index contributed by atoms with van der Waals surface area (Å²) in [6, 6.07) is 4.03. The zero-order valence-electron chi connectivity index (χ0n) is 16.5. The van der Waals surface area contributed by atoms with Gasteiger partial charge in [0, 0.05) is 52.2 Å². The molecule has 0 unspecified atom stereocenters. The minimum atomic E-state index is 0.203. The van der Waals surface area contributed by atoms with E-state index in [1.807, 2.05) is 17.0 Å². The molecule has 3 rings (SSSR count). The van der Waals surface area contributed by atoms with Gasteiger partial charge in [0.05, 0.1) is 27.4 Å². The predicted molar refractivity (Wildman–Crippen MR) is 103 cm³/mol. The number of hydrogen-bond donors (Lipinski definition) is 1. The monoisotopic (exact) mass is 377 g/mol. The summed E-state index contributed by atoms with van der Waals surface area (Å²) in [5.74, 6) is 1.67. The van der Waals surface area contributed by atoms with Crippen molar-refractivity contribution in [1.82, 2.24) is 15.1 Å². The molecular formula is C20H31N3O4. The Morgan fingerprint density at radius 2 is 1.78 bits per heavy atom. The average molecular weight is 377 g/mol. The lowest BCUT2D eigenvalue weighted by Gasteiger charge is -2.30. The molecule has 1 fully saturated rings. The van der Waals surface area contributed by atoms with Crippen molar-refractivity contribution >= 4 is 5.91 Å². The fourth-order valence-electron chi connectivity index (χ4n) is 3.64. The van der Waals surface area contributed by atoms with E-state index >= 15 is 0 Å². The molecule has 2 heterocycles. The number of hydrogen-bond acceptors (Lipinski definition) is 6. The normalized spacial score (nSPS) is 17.5. The van der Waals surface area contributed by atoms with Gasteiger partial charge >= 0.3 is 0 Å². The van der Waals surface area contributed by atoms with Crippen LogP contribution in [0.25, 0.3) is 0 Å². The zero-order valence-corrected chi connectivity index (χ0v) is 16.5. The van der Waals surface area contributed by atoms with E-state index in [0.29, 0.717) is 13.0 Å². The lowest BCUT2D eigenvalue weighted by atomic mass is 9.98. The highest BCUT2D eigenvalue weighted by Gasteiger charge is 2.22. The molecule has 0 bridgehead atoms. The zero-order chi connectivity index (χ0) is 19.1. The van der Waals surface area contributed by atoms with Crippen molar-refractivity contribution in [3.05, 3.63) is 23.3 Å². The van der Waals surface area contributed by atoms with Gasteiger partial charge in [0.25, 0.3) is 0 Å². The van der Waals surface area contributed by atoms with E-state index < -0.39 is 0 Å². The Balaban J connectivity index is 1.42. The maximum atomic E-state index is 12.6. The van der Waals surface area contributed by atoms with E-state index in [9.17, 15) is 4.79 Å². The van der Waals surface area contributed by atoms with Gasteiger partial charge in [-0.25, -0.2) is 0 Å². The molecule has 2 aliphatic rings. The highest BCUT2D eigenvalue weighted by molar-refractivity contribution is 5.76. The average Bonchev–Trinajstić information content (AvgIpc) is 2.72. The Labute approximate surface area is 161 Å². The predicted octanol–water partition coefficient (Wildman–Crippen LogP) is 0.900. The summed E-state index contributed by atoms with van der Waals surface area (Å²) in [7, 11) is 3.29. The SMILES string of the molecule is COc1cc2c(cc1OC)CN(C(=O)CCNCCN1CCOCC1)CC2. The lowest BCUT2D eigenvalue weighted by Crippen LogP contribution is -2.41. The van der Waals surface area contributed by atoms with E-state index in [-0.39, 0.29) is 5.91 Å². The van der Waals surface area contributed by atoms with Crippen molar-refractivity contribution < 1.29 is 19.0 Å². The van der Waals surface area contributed by atoms with Crippen LogP contribution in [-0.4, -0.2) is 82.4 Å². The van der Waals surface area contributed by atoms with Gasteiger partial charge in [-0.3, -0.25) is 9.69 Å². The van der Waals surface area contributed by atoms with Crippen LogP contribution in [0.5, 0.6) is 11.5 Å². The van der Waals surface area contributed by atoms with Crippen molar-refractivity contribution in [3.63, 3.8) is 0 Å². The topological polar surface area (TPSA) is 63.3 Å². The lowest BCUT2D eigenvalue weighted by molar-refractivity contribution is -0.132. The second-order valence-electron chi connectivity index (χ2n) is 7.00. The maximum Gasteiger partial charge on any atom is 0.224 e. The number of rotatable bonds is 8. The summed E-state index contributed by atoms with van der Waals surface area (Å²) in [6.45, 7) is 7.69. The van der Waals surface area contributed by atoms with Gasteiger partial charge in [-0.2, -0.15) is 0 Å². The van der Waals surface area contributed by atoms with Crippen LogP contribution in [0.2, 0.25) is 0 Å². The number of benzene rings is 1. The van der Waals surface area contributed by atoms with Gasteiger partial charge < -0.3 is 24.4 Å². The van der Waals surface area contributed by atoms with Crippen molar-refractivity contribution in [2.75, 3.05) is 66.7 Å². The quantitative estimate of drug-likeness (QED) is 0.679. The van der Waals surface area contributed by atoms with Crippen molar-refractivity contribution in [1.29, 1.82) is 0 Å². The molecule has 1 amide bonds. The van der Waals surface area contributed by atoms with Crippen LogP contribution in [0.4, 0.5) is 0 Å². The number of morpholine rings is 1. The van der Waals surface area contributed by atoms with Crippen LogP contribution < -0.4 is 14.8 Å². The van der Waals surface area contributed by atoms with Crippen molar-refractivity contribution in [3.8, 4) is 11.5 Å². The van der Waals surface area contributed by atoms with Crippen molar-refractivity contribution in [2.45, 2.75) is 19.4 Å². The van der Waals surface area contributed by atoms with Crippen LogP contribution in [0, 0.1) is 0 Å². The van der Waals surface area contributed by atoms with E-state index in [4.69, 9.17) is 14.2 Å². The first-order valence-electron chi connectivity index (χ1n) is 9.73. The second kappa shape index (κ2) is 9.92. The van der Waals surface area contributed by atoms with E-state index in [1.165, 1.54) is 5.56 Å². The number of carbonyl (C=O) groups is 1. The molecule has 1 aromatic rings. The highest BCUT2D eigenvalue weighted by atomic mass is 16.5. The summed E-state index contributed by atoms with van der Waals surface area (Å²) in [5, 5.41) is 3.39. The molecule has 0 aliphatic carbocycles. The van der Waals surface area contributed by atoms with E-state index in [2.05, 4.69) is 10.2 Å². The molecule has 0 spiro atoms. The Morgan fingerprint density at radius 3 is 2.48 bits per heavy atom. The Bertz CT molecular complexity index is 632. The largest absolute Gasteiger partial charge is 0.493 e. The fourth-order valence-corrected chi connectivity index (χ4v) is 3.64. The fraction of sp³-hybridized carbons (Fsp3) is 0.650. The molecule has 7 heteroatoms. The first kappa shape index (κ1) is 19.9. The van der Waals surface area contributed by atoms with Crippen molar-refractivity contribution in [2.24, 2.45) is 0 Å². The van der Waals surface area contributed by atoms with Crippen LogP contribution in [0.15, 0.2) is 12.1 Å². The highest BCUT2D eigenvalue weighted by Crippen LogP contribution is 2.33. The minimum Gasteiger partial charge on any atom is -0.493 e. The molecule has 27 heavy (non-hydrogen) atoms. The van der Waals surface area contributed by atoms with Gasteiger partial charge in [0.1, 0.15) is 0 Å². The van der Waals surface area contributed by atoms with E-state index in [0.717, 1.165) is 76.0 Å². The first-order chi connectivity index (χ1) is 13.2. The third-order valence-electron chi connectivity index (χ3n) is 5.29. The van der Waals surface area contributed by atoms with Gasteiger partial charge in [0.15, 0.2) is 11.5 Å². The van der Waals surface area contributed by atoms with Gasteiger partial charge in [-0.15, -0.1) is 0 Å². The van der Waals surface area contributed by atoms with Crippen LogP contribution in [0.3, 0.4) is 0 Å². The van der Waals surface area contributed by atoms with E-state index in [1.54, 1.807) is 14.2 Å². The summed E-state index contributed by atoms with van der Waals surface area (Å²) in [6.07, 6.45) is 1.39. The summed E-state index contributed by atoms with van der Waals surface area (Å²) >= 11 is 0. The Kier molecular flexibility index (Phi) is 7.32. The number of fused-ring (bicyclic) bond motifs is 1. The summed E-state index contributed by atoms with van der Waals surface area (Å²) < 4.78 is 16.1. The smallest absolute Gasteiger partial charge is 0.224 e. The van der Waals surface area contributed by atoms with Gasteiger partial charge in [-0.05, 0) is 29.7 Å². The molecule has 7 nitrogen and oxygen atoms in total. The number of amides is 1. The molecule has 0 saturated carbocycles. The van der Waals surface area contributed by atoms with Gasteiger partial charge in [-0.1, -0.05) is 0 Å².